The lowest BCUT2D eigenvalue weighted by atomic mass is 10.0. The molecule has 2 heterocycles. The molecule has 1 atom stereocenters. The molecule has 6 heteroatoms. The van der Waals surface area contributed by atoms with Crippen molar-refractivity contribution in [2.75, 3.05) is 0 Å². The number of ketones is 1. The number of nitrogens with one attached hydrogen (secondary N) is 1. The van der Waals surface area contributed by atoms with Crippen LogP contribution in [0.15, 0.2) is 73.1 Å². The first-order chi connectivity index (χ1) is 13.2. The highest BCUT2D eigenvalue weighted by atomic mass is 16.1. The first-order valence-electron chi connectivity index (χ1n) is 8.41. The third-order valence-corrected chi connectivity index (χ3v) is 4.16. The van der Waals surface area contributed by atoms with Crippen LogP contribution in [-0.2, 0) is 4.79 Å². The highest BCUT2D eigenvalue weighted by Crippen LogP contribution is 2.19. The van der Waals surface area contributed by atoms with Crippen molar-refractivity contribution in [1.82, 2.24) is 19.7 Å². The standard InChI is InChI=1S/C21H15N5O/c22-12-17(21-24-18-8-4-5-9-19(18)25-21)20(27)11-10-15-13-23-26(14-15)16-6-2-1-3-7-16/h1-11,13-14,17H,(H,24,25)/b11-10+. The van der Waals surface area contributed by atoms with E-state index in [-0.39, 0.29) is 5.78 Å². The SMILES string of the molecule is N#CC(C(=O)/C=C/c1cnn(-c2ccccc2)c1)c1nc2ccccc2[nH]1. The van der Waals surface area contributed by atoms with Crippen LogP contribution in [0, 0.1) is 11.3 Å². The van der Waals surface area contributed by atoms with Gasteiger partial charge in [-0.05, 0) is 36.4 Å². The van der Waals surface area contributed by atoms with Gasteiger partial charge in [-0.3, -0.25) is 4.79 Å². The number of nitriles is 1. The molecular formula is C21H15N5O. The molecule has 4 aromatic rings. The maximum Gasteiger partial charge on any atom is 0.180 e. The summed E-state index contributed by atoms with van der Waals surface area (Å²) in [7, 11) is 0. The second-order valence-corrected chi connectivity index (χ2v) is 5.99. The van der Waals surface area contributed by atoms with E-state index < -0.39 is 5.92 Å². The molecule has 0 bridgehead atoms. The molecule has 6 nitrogen and oxygen atoms in total. The van der Waals surface area contributed by atoms with Crippen LogP contribution >= 0.6 is 0 Å². The van der Waals surface area contributed by atoms with Gasteiger partial charge in [0.2, 0.25) is 0 Å². The number of para-hydroxylation sites is 3. The van der Waals surface area contributed by atoms with Crippen LogP contribution in [0.1, 0.15) is 17.3 Å². The Morgan fingerprint density at radius 2 is 1.93 bits per heavy atom. The predicted molar refractivity (Wildman–Crippen MR) is 102 cm³/mol. The first-order valence-corrected chi connectivity index (χ1v) is 8.41. The summed E-state index contributed by atoms with van der Waals surface area (Å²) in [6, 6.07) is 19.1. The Bertz CT molecular complexity index is 1130. The van der Waals surface area contributed by atoms with E-state index >= 15 is 0 Å². The molecule has 0 saturated heterocycles. The lowest BCUT2D eigenvalue weighted by Crippen LogP contribution is -2.09. The van der Waals surface area contributed by atoms with Crippen molar-refractivity contribution < 1.29 is 4.79 Å². The predicted octanol–water partition coefficient (Wildman–Crippen LogP) is 3.64. The number of benzene rings is 2. The van der Waals surface area contributed by atoms with E-state index in [1.54, 1.807) is 17.0 Å². The van der Waals surface area contributed by atoms with Crippen LogP contribution in [-0.4, -0.2) is 25.5 Å². The highest BCUT2D eigenvalue weighted by Gasteiger charge is 2.21. The number of fused-ring (bicyclic) bond motifs is 1. The van der Waals surface area contributed by atoms with E-state index in [1.165, 1.54) is 6.08 Å². The number of hydrogen-bond donors (Lipinski definition) is 1. The Morgan fingerprint density at radius 3 is 2.70 bits per heavy atom. The normalized spacial score (nSPS) is 12.3. The summed E-state index contributed by atoms with van der Waals surface area (Å²) in [6.07, 6.45) is 6.54. The van der Waals surface area contributed by atoms with E-state index in [0.29, 0.717) is 5.82 Å². The number of carbonyl (C=O) groups excluding carboxylic acids is 1. The Hall–Kier alpha value is -3.98. The lowest BCUT2D eigenvalue weighted by molar-refractivity contribution is -0.114. The van der Waals surface area contributed by atoms with E-state index in [1.807, 2.05) is 66.9 Å². The molecule has 0 spiro atoms. The maximum absolute atomic E-state index is 12.5. The maximum atomic E-state index is 12.5. The lowest BCUT2D eigenvalue weighted by Gasteiger charge is -2.00. The van der Waals surface area contributed by atoms with Crippen LogP contribution in [0.5, 0.6) is 0 Å². The summed E-state index contributed by atoms with van der Waals surface area (Å²) in [5.41, 5.74) is 3.23. The quantitative estimate of drug-likeness (QED) is 0.555. The third kappa shape index (κ3) is 3.39. The van der Waals surface area contributed by atoms with Crippen molar-refractivity contribution in [2.24, 2.45) is 0 Å². The Balaban J connectivity index is 1.54. The second-order valence-electron chi connectivity index (χ2n) is 5.99. The zero-order valence-electron chi connectivity index (χ0n) is 14.3. The number of aromatic nitrogens is 4. The summed E-state index contributed by atoms with van der Waals surface area (Å²) < 4.78 is 1.73. The van der Waals surface area contributed by atoms with Gasteiger partial charge < -0.3 is 4.98 Å². The van der Waals surface area contributed by atoms with Crippen molar-refractivity contribution in [1.29, 1.82) is 5.26 Å². The fourth-order valence-corrected chi connectivity index (χ4v) is 2.79. The molecule has 0 aliphatic carbocycles. The van der Waals surface area contributed by atoms with Crippen molar-refractivity contribution in [2.45, 2.75) is 5.92 Å². The molecule has 0 aliphatic rings. The van der Waals surface area contributed by atoms with Crippen molar-refractivity contribution in [3.63, 3.8) is 0 Å². The average molecular weight is 353 g/mol. The van der Waals surface area contributed by atoms with Gasteiger partial charge in [0.25, 0.3) is 0 Å². The van der Waals surface area contributed by atoms with Crippen LogP contribution < -0.4 is 0 Å². The molecule has 2 aromatic carbocycles. The number of aromatic amines is 1. The minimum absolute atomic E-state index is 0.330. The minimum Gasteiger partial charge on any atom is -0.340 e. The van der Waals surface area contributed by atoms with Crippen LogP contribution in [0.3, 0.4) is 0 Å². The van der Waals surface area contributed by atoms with Crippen LogP contribution in [0.4, 0.5) is 0 Å². The molecule has 0 saturated carbocycles. The van der Waals surface area contributed by atoms with E-state index in [4.69, 9.17) is 0 Å². The van der Waals surface area contributed by atoms with Gasteiger partial charge in [0, 0.05) is 11.8 Å². The van der Waals surface area contributed by atoms with Crippen molar-refractivity contribution in [3.05, 3.63) is 84.5 Å². The summed E-state index contributed by atoms with van der Waals surface area (Å²) in [5.74, 6) is -0.949. The smallest absolute Gasteiger partial charge is 0.180 e. The minimum atomic E-state index is -0.974. The molecule has 1 N–H and O–H groups in total. The number of imidazole rings is 1. The zero-order valence-corrected chi connectivity index (χ0v) is 14.3. The Morgan fingerprint density at radius 1 is 1.15 bits per heavy atom. The van der Waals surface area contributed by atoms with Gasteiger partial charge in [-0.2, -0.15) is 10.4 Å². The van der Waals surface area contributed by atoms with Gasteiger partial charge in [0.15, 0.2) is 11.7 Å². The summed E-state index contributed by atoms with van der Waals surface area (Å²) in [6.45, 7) is 0. The molecule has 27 heavy (non-hydrogen) atoms. The Labute approximate surface area is 155 Å². The molecular weight excluding hydrogens is 338 g/mol. The molecule has 130 valence electrons. The highest BCUT2D eigenvalue weighted by molar-refractivity contribution is 6.00. The number of hydrogen-bond acceptors (Lipinski definition) is 4. The molecule has 4 rings (SSSR count). The molecule has 0 aliphatic heterocycles. The van der Waals surface area contributed by atoms with Crippen molar-refractivity contribution >= 4 is 22.9 Å². The fraction of sp³-hybridized carbons (Fsp3) is 0.0476. The number of carbonyl (C=O) groups is 1. The largest absolute Gasteiger partial charge is 0.340 e. The summed E-state index contributed by atoms with van der Waals surface area (Å²) in [4.78, 5) is 19.9. The second kappa shape index (κ2) is 7.10. The molecule has 2 aromatic heterocycles. The van der Waals surface area contributed by atoms with Gasteiger partial charge in [0.1, 0.15) is 5.82 Å². The zero-order chi connectivity index (χ0) is 18.6. The number of allylic oxidation sites excluding steroid dienone is 1. The van der Waals surface area contributed by atoms with E-state index in [0.717, 1.165) is 22.3 Å². The average Bonchev–Trinajstić information content (AvgIpc) is 3.34. The summed E-state index contributed by atoms with van der Waals surface area (Å²) in [5, 5.41) is 13.7. The van der Waals surface area contributed by atoms with E-state index in [2.05, 4.69) is 15.1 Å². The van der Waals surface area contributed by atoms with Gasteiger partial charge in [-0.25, -0.2) is 9.67 Å². The van der Waals surface area contributed by atoms with Gasteiger partial charge in [-0.1, -0.05) is 30.3 Å². The first kappa shape index (κ1) is 16.5. The van der Waals surface area contributed by atoms with Crippen LogP contribution in [0.25, 0.3) is 22.8 Å². The third-order valence-electron chi connectivity index (χ3n) is 4.16. The number of H-pyrrole nitrogens is 1. The molecule has 0 radical (unpaired) electrons. The number of nitrogens with zero attached hydrogens (tertiary/aromatic N) is 4. The molecule has 0 fully saturated rings. The number of rotatable bonds is 5. The monoisotopic (exact) mass is 353 g/mol. The van der Waals surface area contributed by atoms with Crippen LogP contribution in [0.2, 0.25) is 0 Å². The molecule has 0 amide bonds. The van der Waals surface area contributed by atoms with Gasteiger partial charge >= 0.3 is 0 Å². The Kier molecular flexibility index (Phi) is 4.33. The van der Waals surface area contributed by atoms with Gasteiger partial charge in [-0.15, -0.1) is 0 Å². The summed E-state index contributed by atoms with van der Waals surface area (Å²) >= 11 is 0. The van der Waals surface area contributed by atoms with E-state index in [9.17, 15) is 10.1 Å². The fourth-order valence-electron chi connectivity index (χ4n) is 2.79. The topological polar surface area (TPSA) is 87.4 Å². The molecule has 1 unspecified atom stereocenters. The van der Waals surface area contributed by atoms with Crippen molar-refractivity contribution in [3.8, 4) is 11.8 Å². The van der Waals surface area contributed by atoms with Gasteiger partial charge in [0.05, 0.1) is 29.0 Å².